The number of nitrogens with zero attached hydrogens (tertiary/aromatic N) is 1. The number of carboxylic acids is 2. The smallest absolute Gasteiger partial charge is 0.326 e. The van der Waals surface area contributed by atoms with Gasteiger partial charge in [0.2, 0.25) is 35.4 Å². The molecule has 390 valence electrons. The van der Waals surface area contributed by atoms with E-state index in [0.717, 1.165) is 17.3 Å². The van der Waals surface area contributed by atoms with Crippen LogP contribution in [0.2, 0.25) is 0 Å². The Morgan fingerprint density at radius 2 is 1.22 bits per heavy atom. The molecule has 2 aromatic carbocycles. The van der Waals surface area contributed by atoms with E-state index in [1.807, 2.05) is 25.1 Å². The molecule has 24 nitrogen and oxygen atoms in total. The average Bonchev–Trinajstić information content (AvgIpc) is 4.03. The number of hydrogen-bond acceptors (Lipinski definition) is 12. The predicted octanol–water partition coefficient (Wildman–Crippen LogP) is -0.703. The van der Waals surface area contributed by atoms with Crippen molar-refractivity contribution in [3.63, 3.8) is 0 Å². The van der Waals surface area contributed by atoms with Crippen molar-refractivity contribution in [1.82, 2.24) is 52.2 Å². The number of benzene rings is 2. The number of aliphatic carboxylic acids is 2. The van der Waals surface area contributed by atoms with Crippen molar-refractivity contribution in [2.75, 3.05) is 13.1 Å². The molecule has 0 unspecified atom stereocenters. The van der Waals surface area contributed by atoms with Gasteiger partial charge in [0.15, 0.2) is 5.96 Å². The molecule has 7 atom stereocenters. The first-order valence-corrected chi connectivity index (χ1v) is 23.9. The summed E-state index contributed by atoms with van der Waals surface area (Å²) in [6.07, 6.45) is 5.81. The molecule has 72 heavy (non-hydrogen) atoms. The van der Waals surface area contributed by atoms with Crippen molar-refractivity contribution >= 4 is 64.2 Å². The first kappa shape index (κ1) is 56.7. The fraction of sp³-hybridized carbons (Fsp3) is 0.458. The van der Waals surface area contributed by atoms with Crippen molar-refractivity contribution in [3.05, 3.63) is 90.1 Å². The van der Waals surface area contributed by atoms with Crippen molar-refractivity contribution in [2.24, 2.45) is 17.2 Å². The lowest BCUT2D eigenvalue weighted by molar-refractivity contribution is -0.142. The number of carbonyl (C=O) groups excluding carboxylic acids is 6. The number of fused-ring (bicyclic) bond motifs is 1. The van der Waals surface area contributed by atoms with Gasteiger partial charge in [0.05, 0.1) is 24.5 Å². The van der Waals surface area contributed by atoms with Crippen LogP contribution in [-0.4, -0.2) is 134 Å². The van der Waals surface area contributed by atoms with Gasteiger partial charge < -0.3 is 74.6 Å². The Bertz CT molecular complexity index is 2430. The summed E-state index contributed by atoms with van der Waals surface area (Å²) in [5.74, 6) is -8.26. The van der Waals surface area contributed by atoms with E-state index in [-0.39, 0.29) is 57.5 Å². The second kappa shape index (κ2) is 29.4. The lowest BCUT2D eigenvalue weighted by Crippen LogP contribution is -2.60. The molecule has 0 bridgehead atoms. The summed E-state index contributed by atoms with van der Waals surface area (Å²) in [5, 5.41) is 46.3. The number of nitrogens with one attached hydrogen (secondary N) is 10. The number of rotatable bonds is 32. The fourth-order valence-electron chi connectivity index (χ4n) is 7.74. The van der Waals surface area contributed by atoms with E-state index in [9.17, 15) is 48.6 Å². The number of hydrogen-bond donors (Lipinski definition) is 15. The van der Waals surface area contributed by atoms with Gasteiger partial charge in [0.1, 0.15) is 36.3 Å². The number of guanidine groups is 1. The minimum atomic E-state index is -1.65. The number of nitrogens with two attached hydrogens (primary N) is 3. The molecule has 18 N–H and O–H groups in total. The van der Waals surface area contributed by atoms with Gasteiger partial charge in [0.25, 0.3) is 0 Å². The van der Waals surface area contributed by atoms with Gasteiger partial charge in [-0.2, -0.15) is 0 Å². The van der Waals surface area contributed by atoms with Gasteiger partial charge in [-0.05, 0) is 62.3 Å². The van der Waals surface area contributed by atoms with Crippen LogP contribution in [0.4, 0.5) is 0 Å². The molecule has 2 heterocycles. The SMILES string of the molecule is CCCC[C@H](N)C(=O)N[C@@H](CC(=O)O)C(=O)N[C@@H](Cc1c[nH]cn1)C(=O)N[C@@H](Cc1ccccc1)C(=O)N[C@@H](CCCNC(=N)N)C(=O)N[C@@H](Cc1c[nH]c2ccccc12)C(=O)N[C@@H](CCCCN)C(=O)O. The molecule has 24 heteroatoms. The minimum absolute atomic E-state index is 0.0714. The maximum Gasteiger partial charge on any atom is 0.326 e. The third-order valence-electron chi connectivity index (χ3n) is 11.6. The highest BCUT2D eigenvalue weighted by Gasteiger charge is 2.35. The second-order valence-corrected chi connectivity index (χ2v) is 17.3. The van der Waals surface area contributed by atoms with Crippen LogP contribution in [0.3, 0.4) is 0 Å². The zero-order chi connectivity index (χ0) is 52.6. The van der Waals surface area contributed by atoms with Crippen LogP contribution < -0.4 is 54.4 Å². The van der Waals surface area contributed by atoms with Gasteiger partial charge in [-0.1, -0.05) is 68.3 Å². The largest absolute Gasteiger partial charge is 0.481 e. The van der Waals surface area contributed by atoms with E-state index in [1.54, 1.807) is 42.6 Å². The number of imidazole rings is 1. The Kier molecular flexibility index (Phi) is 23.1. The maximum absolute atomic E-state index is 14.6. The van der Waals surface area contributed by atoms with E-state index >= 15 is 0 Å². The van der Waals surface area contributed by atoms with Crippen molar-refractivity contribution < 1.29 is 48.6 Å². The van der Waals surface area contributed by atoms with Crippen LogP contribution in [0, 0.1) is 5.41 Å². The zero-order valence-electron chi connectivity index (χ0n) is 40.2. The molecular formula is C48H68N14O10. The Morgan fingerprint density at radius 3 is 1.83 bits per heavy atom. The molecule has 2 aromatic heterocycles. The lowest BCUT2D eigenvalue weighted by Gasteiger charge is -2.27. The molecule has 0 saturated carbocycles. The number of carbonyl (C=O) groups is 8. The number of aromatic amines is 2. The van der Waals surface area contributed by atoms with E-state index in [2.05, 4.69) is 52.2 Å². The van der Waals surface area contributed by atoms with E-state index in [0.29, 0.717) is 42.6 Å². The van der Waals surface area contributed by atoms with Crippen LogP contribution in [0.25, 0.3) is 10.9 Å². The summed E-state index contributed by atoms with van der Waals surface area (Å²) < 4.78 is 0. The summed E-state index contributed by atoms with van der Waals surface area (Å²) in [6.45, 7) is 2.32. The maximum atomic E-state index is 14.6. The quantitative estimate of drug-likeness (QED) is 0.0163. The fourth-order valence-corrected chi connectivity index (χ4v) is 7.74. The summed E-state index contributed by atoms with van der Waals surface area (Å²) in [4.78, 5) is 119. The van der Waals surface area contributed by atoms with Crippen molar-refractivity contribution in [1.29, 1.82) is 5.41 Å². The molecule has 0 aliphatic heterocycles. The lowest BCUT2D eigenvalue weighted by atomic mass is 10.0. The van der Waals surface area contributed by atoms with Crippen LogP contribution in [0.1, 0.15) is 81.5 Å². The normalized spacial score (nSPS) is 14.0. The highest BCUT2D eigenvalue weighted by Crippen LogP contribution is 2.20. The molecule has 0 aliphatic rings. The number of H-pyrrole nitrogens is 2. The summed E-state index contributed by atoms with van der Waals surface area (Å²) >= 11 is 0. The number of aromatic nitrogens is 3. The summed E-state index contributed by atoms with van der Waals surface area (Å²) in [7, 11) is 0. The van der Waals surface area contributed by atoms with Crippen LogP contribution in [0.5, 0.6) is 0 Å². The third-order valence-corrected chi connectivity index (χ3v) is 11.6. The molecule has 6 amide bonds. The number of para-hydroxylation sites is 1. The number of unbranched alkanes of at least 4 members (excludes halogenated alkanes) is 2. The molecule has 0 aliphatic carbocycles. The standard InChI is InChI=1S/C48H68N14O10/c1-2-3-15-32(50)41(65)59-39(24-40(63)64)46(70)62-38(23-30-26-53-27-56-30)45(69)60-36(21-28-12-5-4-6-13-28)43(67)57-34(18-11-20-54-48(51)52)42(66)61-37(22-29-25-55-33-16-8-7-14-31(29)33)44(68)58-35(47(71)72)17-9-10-19-49/h4-8,12-14,16,25-27,32,34-39,55H,2-3,9-11,15,17-24,49-50H2,1H3,(H,53,56)(H,57,67)(H,58,68)(H,59,65)(H,60,69)(H,61,66)(H,62,70)(H,63,64)(H,71,72)(H4,51,52,54)/t32-,34-,35-,36-,37-,38-,39-/m0/s1. The molecule has 4 aromatic rings. The van der Waals surface area contributed by atoms with Gasteiger partial charge in [-0.3, -0.25) is 39.0 Å². The van der Waals surface area contributed by atoms with Crippen LogP contribution in [0.15, 0.2) is 73.3 Å². The monoisotopic (exact) mass is 1000 g/mol. The first-order valence-electron chi connectivity index (χ1n) is 23.9. The Labute approximate surface area is 416 Å². The van der Waals surface area contributed by atoms with E-state index in [4.69, 9.17) is 22.6 Å². The molecule has 0 saturated heterocycles. The molecule has 0 spiro atoms. The van der Waals surface area contributed by atoms with Gasteiger partial charge in [-0.25, -0.2) is 9.78 Å². The third kappa shape index (κ3) is 18.8. The van der Waals surface area contributed by atoms with Crippen LogP contribution in [-0.2, 0) is 57.6 Å². The van der Waals surface area contributed by atoms with E-state index in [1.165, 1.54) is 12.5 Å². The second-order valence-electron chi connectivity index (χ2n) is 17.3. The molecule has 0 fully saturated rings. The molecule has 4 rings (SSSR count). The van der Waals surface area contributed by atoms with E-state index < -0.39 is 96.1 Å². The molecular weight excluding hydrogens is 933 g/mol. The number of amides is 6. The first-order chi connectivity index (χ1) is 34.5. The topological polar surface area (TPSA) is 408 Å². The van der Waals surface area contributed by atoms with Crippen LogP contribution >= 0.6 is 0 Å². The highest BCUT2D eigenvalue weighted by molar-refractivity contribution is 5.98. The van der Waals surface area contributed by atoms with Gasteiger partial charge in [-0.15, -0.1) is 0 Å². The Hall–Kier alpha value is -7.86. The highest BCUT2D eigenvalue weighted by atomic mass is 16.4. The average molecular weight is 1000 g/mol. The van der Waals surface area contributed by atoms with Crippen molar-refractivity contribution in [2.45, 2.75) is 126 Å². The summed E-state index contributed by atoms with van der Waals surface area (Å²) in [6, 6.07) is 6.13. The minimum Gasteiger partial charge on any atom is -0.481 e. The Balaban J connectivity index is 1.66. The summed E-state index contributed by atoms with van der Waals surface area (Å²) in [5.41, 5.74) is 19.4. The molecule has 0 radical (unpaired) electrons. The van der Waals surface area contributed by atoms with Gasteiger partial charge in [0, 0.05) is 49.1 Å². The predicted molar refractivity (Wildman–Crippen MR) is 265 cm³/mol. The zero-order valence-corrected chi connectivity index (χ0v) is 40.2. The number of carboxylic acid groups (broad SMARTS) is 2. The Morgan fingerprint density at radius 1 is 0.653 bits per heavy atom. The van der Waals surface area contributed by atoms with Crippen molar-refractivity contribution in [3.8, 4) is 0 Å². The van der Waals surface area contributed by atoms with Gasteiger partial charge >= 0.3 is 11.9 Å².